The molecule has 0 aliphatic carbocycles. The van der Waals surface area contributed by atoms with Gasteiger partial charge in [-0.1, -0.05) is 17.7 Å². The van der Waals surface area contributed by atoms with Crippen LogP contribution in [0, 0.1) is 6.92 Å². The normalized spacial score (nSPS) is 17.5. The molecule has 1 saturated heterocycles. The van der Waals surface area contributed by atoms with E-state index in [2.05, 4.69) is 30.8 Å². The highest BCUT2D eigenvalue weighted by Gasteiger charge is 2.28. The summed E-state index contributed by atoms with van der Waals surface area (Å²) in [5, 5.41) is 12.5. The van der Waals surface area contributed by atoms with Crippen molar-refractivity contribution in [3.8, 4) is 0 Å². The second-order valence-electron chi connectivity index (χ2n) is 6.63. The molecule has 4 rings (SSSR count). The van der Waals surface area contributed by atoms with Crippen molar-refractivity contribution in [2.24, 2.45) is 0 Å². The SMILES string of the molecule is Cc1ccc(C(=O)Nc2nc(C3CCCN3Cc3cn[nH]c3)cs2)cc1. The van der Waals surface area contributed by atoms with Crippen molar-refractivity contribution in [3.63, 3.8) is 0 Å². The number of hydrogen-bond donors (Lipinski definition) is 2. The largest absolute Gasteiger partial charge is 0.298 e. The molecule has 1 unspecified atom stereocenters. The van der Waals surface area contributed by atoms with Crippen LogP contribution in [0.2, 0.25) is 0 Å². The Kier molecular flexibility index (Phi) is 4.81. The molecule has 26 heavy (non-hydrogen) atoms. The van der Waals surface area contributed by atoms with Crippen LogP contribution in [-0.2, 0) is 6.54 Å². The van der Waals surface area contributed by atoms with Gasteiger partial charge in [0.1, 0.15) is 0 Å². The summed E-state index contributed by atoms with van der Waals surface area (Å²) in [7, 11) is 0. The van der Waals surface area contributed by atoms with Gasteiger partial charge in [0.25, 0.3) is 5.91 Å². The molecule has 1 amide bonds. The lowest BCUT2D eigenvalue weighted by Crippen LogP contribution is -2.22. The van der Waals surface area contributed by atoms with Crippen LogP contribution >= 0.6 is 11.3 Å². The molecule has 1 atom stereocenters. The summed E-state index contributed by atoms with van der Waals surface area (Å²) in [6.45, 7) is 3.92. The minimum Gasteiger partial charge on any atom is -0.298 e. The van der Waals surface area contributed by atoms with Crippen LogP contribution in [0.4, 0.5) is 5.13 Å². The Morgan fingerprint density at radius 2 is 2.23 bits per heavy atom. The highest BCUT2D eigenvalue weighted by molar-refractivity contribution is 7.14. The van der Waals surface area contributed by atoms with Gasteiger partial charge >= 0.3 is 0 Å². The first-order valence-electron chi connectivity index (χ1n) is 8.74. The molecule has 0 radical (unpaired) electrons. The van der Waals surface area contributed by atoms with Crippen LogP contribution in [0.25, 0.3) is 0 Å². The summed E-state index contributed by atoms with van der Waals surface area (Å²) < 4.78 is 0. The van der Waals surface area contributed by atoms with Crippen LogP contribution in [-0.4, -0.2) is 32.5 Å². The highest BCUT2D eigenvalue weighted by atomic mass is 32.1. The third kappa shape index (κ3) is 3.68. The molecule has 1 fully saturated rings. The van der Waals surface area contributed by atoms with Gasteiger partial charge in [-0.25, -0.2) is 4.98 Å². The van der Waals surface area contributed by atoms with E-state index in [-0.39, 0.29) is 5.91 Å². The van der Waals surface area contributed by atoms with E-state index in [1.807, 2.05) is 43.6 Å². The summed E-state index contributed by atoms with van der Waals surface area (Å²) in [6.07, 6.45) is 6.05. The first-order chi connectivity index (χ1) is 12.7. The number of thiazole rings is 1. The van der Waals surface area contributed by atoms with Crippen LogP contribution in [0.3, 0.4) is 0 Å². The molecule has 0 spiro atoms. The quantitative estimate of drug-likeness (QED) is 0.720. The van der Waals surface area contributed by atoms with Gasteiger partial charge in [0.2, 0.25) is 0 Å². The third-order valence-electron chi connectivity index (χ3n) is 4.70. The molecule has 2 aromatic heterocycles. The van der Waals surface area contributed by atoms with Crippen LogP contribution in [0.1, 0.15) is 46.1 Å². The number of carbonyl (C=O) groups excluding carboxylic acids is 1. The Morgan fingerprint density at radius 3 is 3.00 bits per heavy atom. The number of nitrogens with one attached hydrogen (secondary N) is 2. The average molecular weight is 367 g/mol. The van der Waals surface area contributed by atoms with Gasteiger partial charge < -0.3 is 0 Å². The lowest BCUT2D eigenvalue weighted by atomic mass is 10.1. The zero-order valence-corrected chi connectivity index (χ0v) is 15.4. The maximum absolute atomic E-state index is 12.4. The van der Waals surface area contributed by atoms with Gasteiger partial charge in [0.05, 0.1) is 17.9 Å². The number of aromatic amines is 1. The number of likely N-dealkylation sites (tertiary alicyclic amines) is 1. The van der Waals surface area contributed by atoms with Crippen molar-refractivity contribution in [3.05, 3.63) is 64.4 Å². The topological polar surface area (TPSA) is 73.9 Å². The maximum atomic E-state index is 12.4. The van der Waals surface area contributed by atoms with Crippen molar-refractivity contribution >= 4 is 22.4 Å². The summed E-state index contributed by atoms with van der Waals surface area (Å²) in [5.41, 5.74) is 4.00. The maximum Gasteiger partial charge on any atom is 0.257 e. The number of aromatic nitrogens is 3. The first-order valence-corrected chi connectivity index (χ1v) is 9.62. The fourth-order valence-electron chi connectivity index (χ4n) is 3.32. The fraction of sp³-hybridized carbons (Fsp3) is 0.316. The number of rotatable bonds is 5. The molecule has 0 saturated carbocycles. The number of aryl methyl sites for hydroxylation is 1. The number of hydrogen-bond acceptors (Lipinski definition) is 5. The van der Waals surface area contributed by atoms with Gasteiger partial charge in [0.15, 0.2) is 5.13 Å². The monoisotopic (exact) mass is 367 g/mol. The Bertz CT molecular complexity index is 872. The summed E-state index contributed by atoms with van der Waals surface area (Å²) in [6, 6.07) is 7.85. The zero-order valence-electron chi connectivity index (χ0n) is 14.6. The summed E-state index contributed by atoms with van der Waals surface area (Å²) in [4.78, 5) is 19.5. The first kappa shape index (κ1) is 16.9. The van der Waals surface area contributed by atoms with Gasteiger partial charge in [0, 0.05) is 29.2 Å². The Hall–Kier alpha value is -2.51. The molecule has 6 nitrogen and oxygen atoms in total. The van der Waals surface area contributed by atoms with E-state index >= 15 is 0 Å². The number of amides is 1. The van der Waals surface area contributed by atoms with Crippen LogP contribution in [0.5, 0.6) is 0 Å². The standard InChI is InChI=1S/C19H21N5OS/c1-13-4-6-15(7-5-13)18(25)23-19-22-16(12-26-19)17-3-2-8-24(17)11-14-9-20-21-10-14/h4-7,9-10,12,17H,2-3,8,11H2,1H3,(H,20,21)(H,22,23,25). The number of anilines is 1. The van der Waals surface area contributed by atoms with Gasteiger partial charge in [-0.15, -0.1) is 11.3 Å². The van der Waals surface area contributed by atoms with Crippen molar-refractivity contribution in [2.75, 3.05) is 11.9 Å². The molecule has 3 aromatic rings. The predicted octanol–water partition coefficient (Wildman–Crippen LogP) is 3.76. The highest BCUT2D eigenvalue weighted by Crippen LogP contribution is 2.34. The predicted molar refractivity (Wildman–Crippen MR) is 102 cm³/mol. The molecular formula is C19H21N5OS. The van der Waals surface area contributed by atoms with Crippen molar-refractivity contribution in [2.45, 2.75) is 32.4 Å². The summed E-state index contributed by atoms with van der Waals surface area (Å²) in [5.74, 6) is -0.118. The summed E-state index contributed by atoms with van der Waals surface area (Å²) >= 11 is 1.48. The molecule has 2 N–H and O–H groups in total. The average Bonchev–Trinajstić information content (AvgIpc) is 3.38. The molecule has 1 aliphatic rings. The van der Waals surface area contributed by atoms with Crippen molar-refractivity contribution < 1.29 is 4.79 Å². The minimum atomic E-state index is -0.118. The Balaban J connectivity index is 1.43. The number of nitrogens with zero attached hydrogens (tertiary/aromatic N) is 3. The van der Waals surface area contributed by atoms with E-state index in [4.69, 9.17) is 0 Å². The van der Waals surface area contributed by atoms with Crippen LogP contribution < -0.4 is 5.32 Å². The fourth-order valence-corrected chi connectivity index (χ4v) is 4.07. The lowest BCUT2D eigenvalue weighted by molar-refractivity contribution is 0.102. The number of H-pyrrole nitrogens is 1. The lowest BCUT2D eigenvalue weighted by Gasteiger charge is -2.22. The van der Waals surface area contributed by atoms with E-state index in [1.54, 1.807) is 0 Å². The molecule has 1 aliphatic heterocycles. The van der Waals surface area contributed by atoms with E-state index < -0.39 is 0 Å². The zero-order chi connectivity index (χ0) is 17.9. The van der Waals surface area contributed by atoms with Gasteiger partial charge in [-0.3, -0.25) is 20.1 Å². The second-order valence-corrected chi connectivity index (χ2v) is 7.49. The van der Waals surface area contributed by atoms with E-state index in [9.17, 15) is 4.79 Å². The molecule has 3 heterocycles. The Labute approximate surface area is 156 Å². The van der Waals surface area contributed by atoms with Gasteiger partial charge in [-0.2, -0.15) is 5.10 Å². The third-order valence-corrected chi connectivity index (χ3v) is 5.48. The van der Waals surface area contributed by atoms with Crippen molar-refractivity contribution in [1.29, 1.82) is 0 Å². The Morgan fingerprint density at radius 1 is 1.38 bits per heavy atom. The minimum absolute atomic E-state index is 0.118. The van der Waals surface area contributed by atoms with Crippen LogP contribution in [0.15, 0.2) is 42.0 Å². The van der Waals surface area contributed by atoms with E-state index in [0.717, 1.165) is 37.2 Å². The molecule has 0 bridgehead atoms. The van der Waals surface area contributed by atoms with Crippen molar-refractivity contribution in [1.82, 2.24) is 20.1 Å². The smallest absolute Gasteiger partial charge is 0.257 e. The molecular weight excluding hydrogens is 346 g/mol. The van der Waals surface area contributed by atoms with E-state index in [1.165, 1.54) is 16.9 Å². The molecule has 134 valence electrons. The number of benzene rings is 1. The van der Waals surface area contributed by atoms with E-state index in [0.29, 0.717) is 16.7 Å². The second kappa shape index (κ2) is 7.39. The molecule has 1 aromatic carbocycles. The van der Waals surface area contributed by atoms with Gasteiger partial charge in [-0.05, 0) is 38.4 Å². The number of carbonyl (C=O) groups is 1. The molecule has 7 heteroatoms.